The fraction of sp³-hybridized carbons (Fsp3) is 0.190. The van der Waals surface area contributed by atoms with Crippen molar-refractivity contribution in [1.29, 1.82) is 0 Å². The third-order valence-electron chi connectivity index (χ3n) is 4.74. The standard InChI is InChI=1S/C21H19N5O5S/c27-32(28,16-6-7-17-18(14-16)30-13-12-29-17)22-10-11-31-20-9-8-19-23-24-21(26(19)25-20)15-4-2-1-3-5-15/h1-9,14,22H,10-13H2. The van der Waals surface area contributed by atoms with Gasteiger partial charge in [-0.15, -0.1) is 15.3 Å². The lowest BCUT2D eigenvalue weighted by Crippen LogP contribution is -2.28. The summed E-state index contributed by atoms with van der Waals surface area (Å²) in [4.78, 5) is 0.0956. The predicted molar refractivity (Wildman–Crippen MR) is 114 cm³/mol. The van der Waals surface area contributed by atoms with Crippen LogP contribution in [0.1, 0.15) is 0 Å². The molecular weight excluding hydrogens is 434 g/mol. The molecule has 0 fully saturated rings. The smallest absolute Gasteiger partial charge is 0.240 e. The molecule has 0 unspecified atom stereocenters. The maximum absolute atomic E-state index is 12.6. The lowest BCUT2D eigenvalue weighted by molar-refractivity contribution is 0.171. The van der Waals surface area contributed by atoms with Gasteiger partial charge in [0.05, 0.1) is 4.90 Å². The predicted octanol–water partition coefficient (Wildman–Crippen LogP) is 1.92. The topological polar surface area (TPSA) is 117 Å². The Labute approximate surface area is 183 Å². The van der Waals surface area contributed by atoms with Crippen LogP contribution in [0.25, 0.3) is 17.0 Å². The number of fused-ring (bicyclic) bond motifs is 2. The van der Waals surface area contributed by atoms with Crippen molar-refractivity contribution in [3.63, 3.8) is 0 Å². The molecule has 4 aromatic rings. The van der Waals surface area contributed by atoms with E-state index < -0.39 is 10.0 Å². The number of hydrogen-bond acceptors (Lipinski definition) is 8. The van der Waals surface area contributed by atoms with E-state index in [-0.39, 0.29) is 18.0 Å². The number of hydrogen-bond donors (Lipinski definition) is 1. The molecule has 32 heavy (non-hydrogen) atoms. The summed E-state index contributed by atoms with van der Waals surface area (Å²) < 4.78 is 45.8. The molecule has 1 N–H and O–H groups in total. The average Bonchev–Trinajstić information content (AvgIpc) is 3.25. The molecule has 0 bridgehead atoms. The van der Waals surface area contributed by atoms with Gasteiger partial charge in [0.15, 0.2) is 23.0 Å². The van der Waals surface area contributed by atoms with Gasteiger partial charge in [0.1, 0.15) is 19.8 Å². The number of nitrogens with one attached hydrogen (secondary N) is 1. The maximum atomic E-state index is 12.6. The van der Waals surface area contributed by atoms with Gasteiger partial charge in [-0.2, -0.15) is 4.52 Å². The zero-order valence-corrected chi connectivity index (χ0v) is 17.7. The molecule has 11 heteroatoms. The average molecular weight is 453 g/mol. The van der Waals surface area contributed by atoms with Crippen LogP contribution < -0.4 is 18.9 Å². The molecule has 2 aromatic heterocycles. The van der Waals surface area contributed by atoms with Crippen LogP contribution in [0.2, 0.25) is 0 Å². The van der Waals surface area contributed by atoms with Crippen LogP contribution >= 0.6 is 0 Å². The summed E-state index contributed by atoms with van der Waals surface area (Å²) in [5.41, 5.74) is 1.45. The van der Waals surface area contributed by atoms with Gasteiger partial charge in [-0.25, -0.2) is 13.1 Å². The molecule has 1 aliphatic heterocycles. The zero-order chi connectivity index (χ0) is 22.0. The Morgan fingerprint density at radius 2 is 1.78 bits per heavy atom. The van der Waals surface area contributed by atoms with E-state index in [4.69, 9.17) is 14.2 Å². The summed E-state index contributed by atoms with van der Waals surface area (Å²) in [5.74, 6) is 1.86. The van der Waals surface area contributed by atoms with Crippen LogP contribution in [0.5, 0.6) is 17.4 Å². The molecule has 0 aliphatic carbocycles. The summed E-state index contributed by atoms with van der Waals surface area (Å²) >= 11 is 0. The van der Waals surface area contributed by atoms with Crippen LogP contribution in [0.4, 0.5) is 0 Å². The number of ether oxygens (including phenoxy) is 3. The van der Waals surface area contributed by atoms with Gasteiger partial charge in [0, 0.05) is 24.2 Å². The van der Waals surface area contributed by atoms with Crippen LogP contribution in [0.15, 0.2) is 65.6 Å². The SMILES string of the molecule is O=S(=O)(NCCOc1ccc2nnc(-c3ccccc3)n2n1)c1ccc2c(c1)OCCO2. The normalized spacial score (nSPS) is 13.2. The van der Waals surface area contributed by atoms with Crippen molar-refractivity contribution in [3.8, 4) is 28.8 Å². The van der Waals surface area contributed by atoms with E-state index in [0.29, 0.717) is 42.1 Å². The molecular formula is C21H19N5O5S. The summed E-state index contributed by atoms with van der Waals surface area (Å²) in [7, 11) is -3.73. The lowest BCUT2D eigenvalue weighted by Gasteiger charge is -2.18. The van der Waals surface area contributed by atoms with Crippen molar-refractivity contribution < 1.29 is 22.6 Å². The van der Waals surface area contributed by atoms with Gasteiger partial charge in [0.25, 0.3) is 0 Å². The molecule has 0 saturated carbocycles. The molecule has 5 rings (SSSR count). The highest BCUT2D eigenvalue weighted by Crippen LogP contribution is 2.32. The first kappa shape index (κ1) is 20.2. The third-order valence-corrected chi connectivity index (χ3v) is 6.20. The summed E-state index contributed by atoms with van der Waals surface area (Å²) in [6.45, 7) is 0.972. The van der Waals surface area contributed by atoms with Crippen LogP contribution in [-0.4, -0.2) is 54.6 Å². The minimum atomic E-state index is -3.73. The minimum absolute atomic E-state index is 0.0597. The number of benzene rings is 2. The highest BCUT2D eigenvalue weighted by atomic mass is 32.2. The van der Waals surface area contributed by atoms with Crippen molar-refractivity contribution in [1.82, 2.24) is 24.5 Å². The Bertz CT molecular complexity index is 1360. The monoisotopic (exact) mass is 453 g/mol. The van der Waals surface area contributed by atoms with Crippen molar-refractivity contribution in [2.75, 3.05) is 26.4 Å². The van der Waals surface area contributed by atoms with E-state index in [1.54, 1.807) is 22.7 Å². The van der Waals surface area contributed by atoms with E-state index in [1.165, 1.54) is 12.1 Å². The first-order chi connectivity index (χ1) is 15.6. The van der Waals surface area contributed by atoms with Crippen LogP contribution in [0.3, 0.4) is 0 Å². The molecule has 10 nitrogen and oxygen atoms in total. The molecule has 164 valence electrons. The highest BCUT2D eigenvalue weighted by molar-refractivity contribution is 7.89. The lowest BCUT2D eigenvalue weighted by atomic mass is 10.2. The van der Waals surface area contributed by atoms with E-state index in [0.717, 1.165) is 5.56 Å². The van der Waals surface area contributed by atoms with Gasteiger partial charge >= 0.3 is 0 Å². The second-order valence-electron chi connectivity index (χ2n) is 6.88. The van der Waals surface area contributed by atoms with Crippen molar-refractivity contribution in [2.24, 2.45) is 0 Å². The third kappa shape index (κ3) is 4.07. The van der Waals surface area contributed by atoms with Gasteiger partial charge < -0.3 is 14.2 Å². The van der Waals surface area contributed by atoms with E-state index in [2.05, 4.69) is 20.0 Å². The van der Waals surface area contributed by atoms with Gasteiger partial charge in [-0.05, 0) is 18.2 Å². The molecule has 0 amide bonds. The second-order valence-corrected chi connectivity index (χ2v) is 8.65. The Morgan fingerprint density at radius 3 is 2.62 bits per heavy atom. The second kappa shape index (κ2) is 8.44. The van der Waals surface area contributed by atoms with Crippen LogP contribution in [-0.2, 0) is 10.0 Å². The highest BCUT2D eigenvalue weighted by Gasteiger charge is 2.19. The summed E-state index contributed by atoms with van der Waals surface area (Å²) in [6.07, 6.45) is 0. The molecule has 0 radical (unpaired) electrons. The fourth-order valence-electron chi connectivity index (χ4n) is 3.22. The Morgan fingerprint density at radius 1 is 0.969 bits per heavy atom. The molecule has 0 saturated heterocycles. The largest absolute Gasteiger partial charge is 0.486 e. The molecule has 0 atom stereocenters. The maximum Gasteiger partial charge on any atom is 0.240 e. The van der Waals surface area contributed by atoms with Crippen molar-refractivity contribution >= 4 is 15.7 Å². The number of aromatic nitrogens is 4. The van der Waals surface area contributed by atoms with Crippen molar-refractivity contribution in [2.45, 2.75) is 4.90 Å². The zero-order valence-electron chi connectivity index (χ0n) is 16.8. The number of rotatable bonds is 7. The molecule has 2 aromatic carbocycles. The van der Waals surface area contributed by atoms with Gasteiger partial charge in [0.2, 0.25) is 15.9 Å². The first-order valence-electron chi connectivity index (χ1n) is 9.90. The molecule has 3 heterocycles. The summed E-state index contributed by atoms with van der Waals surface area (Å²) in [6, 6.07) is 17.5. The van der Waals surface area contributed by atoms with Crippen molar-refractivity contribution in [3.05, 3.63) is 60.7 Å². The number of nitrogens with zero attached hydrogens (tertiary/aromatic N) is 4. The number of sulfonamides is 1. The molecule has 1 aliphatic rings. The Balaban J connectivity index is 1.24. The van der Waals surface area contributed by atoms with E-state index in [1.807, 2.05) is 30.3 Å². The Kier molecular flexibility index (Phi) is 5.33. The minimum Gasteiger partial charge on any atom is -0.486 e. The van der Waals surface area contributed by atoms with Gasteiger partial charge in [-0.1, -0.05) is 30.3 Å². The van der Waals surface area contributed by atoms with E-state index >= 15 is 0 Å². The van der Waals surface area contributed by atoms with Gasteiger partial charge in [-0.3, -0.25) is 0 Å². The molecule has 0 spiro atoms. The summed E-state index contributed by atoms with van der Waals surface area (Å²) in [5, 5.41) is 12.7. The van der Waals surface area contributed by atoms with E-state index in [9.17, 15) is 8.42 Å². The Hall–Kier alpha value is -3.70. The van der Waals surface area contributed by atoms with Crippen LogP contribution in [0, 0.1) is 0 Å². The quantitative estimate of drug-likeness (QED) is 0.422. The first-order valence-corrected chi connectivity index (χ1v) is 11.4. The fourth-order valence-corrected chi connectivity index (χ4v) is 4.25.